The van der Waals surface area contributed by atoms with Crippen LogP contribution in [0.25, 0.3) is 0 Å². The number of hydrogen-bond donors (Lipinski definition) is 1. The van der Waals surface area contributed by atoms with Gasteiger partial charge in [0.25, 0.3) is 0 Å². The fourth-order valence-corrected chi connectivity index (χ4v) is 1.57. The highest BCUT2D eigenvalue weighted by Gasteiger charge is 2.27. The maximum Gasteiger partial charge on any atom is 0.190 e. The number of rotatable bonds is 0. The summed E-state index contributed by atoms with van der Waals surface area (Å²) in [6.07, 6.45) is 2.03. The molecule has 0 saturated carbocycles. The van der Waals surface area contributed by atoms with Crippen molar-refractivity contribution in [1.29, 1.82) is 0 Å². The Morgan fingerprint density at radius 3 is 2.27 bits per heavy atom. The lowest BCUT2D eigenvalue weighted by atomic mass is 9.91. The molecule has 0 aromatic heterocycles. The van der Waals surface area contributed by atoms with E-state index in [1.165, 1.54) is 6.92 Å². The summed E-state index contributed by atoms with van der Waals surface area (Å²) >= 11 is 0. The minimum Gasteiger partial charge on any atom is -0.507 e. The first-order chi connectivity index (χ1) is 7.02. The molecule has 15 heavy (non-hydrogen) atoms. The van der Waals surface area contributed by atoms with Gasteiger partial charge in [0.2, 0.25) is 0 Å². The van der Waals surface area contributed by atoms with E-state index in [-0.39, 0.29) is 22.4 Å². The van der Waals surface area contributed by atoms with E-state index < -0.39 is 17.4 Å². The Kier molecular flexibility index (Phi) is 1.93. The number of allylic oxidation sites excluding steroid dienone is 2. The third-order valence-electron chi connectivity index (χ3n) is 2.30. The molecule has 0 radical (unpaired) electrons. The fraction of sp³-hybridized carbons (Fsp3) is 0.0909. The molecule has 1 aromatic rings. The Hall–Kier alpha value is -1.97. The number of hydrogen-bond acceptors (Lipinski definition) is 3. The number of carbonyl (C=O) groups is 2. The molecule has 0 saturated heterocycles. The van der Waals surface area contributed by atoms with Crippen molar-refractivity contribution in [2.24, 2.45) is 0 Å². The van der Waals surface area contributed by atoms with Gasteiger partial charge in [-0.25, -0.2) is 4.39 Å². The Morgan fingerprint density at radius 2 is 1.67 bits per heavy atom. The minimum atomic E-state index is -0.745. The number of carbonyl (C=O) groups excluding carboxylic acids is 2. The van der Waals surface area contributed by atoms with E-state index in [0.717, 1.165) is 18.2 Å². The first-order valence-corrected chi connectivity index (χ1v) is 4.31. The average molecular weight is 206 g/mol. The molecule has 1 aliphatic carbocycles. The van der Waals surface area contributed by atoms with E-state index in [9.17, 15) is 19.1 Å². The smallest absolute Gasteiger partial charge is 0.190 e. The zero-order valence-corrected chi connectivity index (χ0v) is 7.87. The minimum absolute atomic E-state index is 0.141. The molecule has 0 unspecified atom stereocenters. The summed E-state index contributed by atoms with van der Waals surface area (Å²) in [4.78, 5) is 22.7. The monoisotopic (exact) mass is 206 g/mol. The molecule has 3 nitrogen and oxygen atoms in total. The number of halogens is 1. The molecule has 1 aromatic carbocycles. The topological polar surface area (TPSA) is 54.4 Å². The molecule has 1 aliphatic rings. The zero-order valence-electron chi connectivity index (χ0n) is 7.87. The van der Waals surface area contributed by atoms with Crippen molar-refractivity contribution in [1.82, 2.24) is 0 Å². The number of ketones is 2. The van der Waals surface area contributed by atoms with Gasteiger partial charge >= 0.3 is 0 Å². The molecule has 0 fully saturated rings. The van der Waals surface area contributed by atoms with Crippen molar-refractivity contribution >= 4 is 11.6 Å². The molecule has 2 rings (SSSR count). The highest BCUT2D eigenvalue weighted by molar-refractivity contribution is 6.23. The molecule has 1 N–H and O–H groups in total. The highest BCUT2D eigenvalue weighted by atomic mass is 19.1. The van der Waals surface area contributed by atoms with Crippen LogP contribution in [0.4, 0.5) is 4.39 Å². The van der Waals surface area contributed by atoms with Gasteiger partial charge in [0, 0.05) is 0 Å². The fourth-order valence-electron chi connectivity index (χ4n) is 1.57. The Bertz CT molecular complexity index is 515. The van der Waals surface area contributed by atoms with Crippen LogP contribution in [0.1, 0.15) is 26.3 Å². The van der Waals surface area contributed by atoms with Gasteiger partial charge in [0.15, 0.2) is 11.6 Å². The normalized spacial score (nSPS) is 14.3. The second-order valence-electron chi connectivity index (χ2n) is 3.34. The van der Waals surface area contributed by atoms with Crippen molar-refractivity contribution in [3.8, 4) is 5.75 Å². The summed E-state index contributed by atoms with van der Waals surface area (Å²) < 4.78 is 13.6. The number of aryl methyl sites for hydroxylation is 1. The van der Waals surface area contributed by atoms with Crippen LogP contribution in [0.15, 0.2) is 18.2 Å². The van der Waals surface area contributed by atoms with Gasteiger partial charge in [-0.2, -0.15) is 0 Å². The molecule has 0 atom stereocenters. The summed E-state index contributed by atoms with van der Waals surface area (Å²) in [6.45, 7) is 1.42. The number of benzene rings is 1. The summed E-state index contributed by atoms with van der Waals surface area (Å²) in [5.41, 5.74) is -0.437. The van der Waals surface area contributed by atoms with E-state index in [2.05, 4.69) is 0 Å². The average Bonchev–Trinajstić information content (AvgIpc) is 2.18. The van der Waals surface area contributed by atoms with Gasteiger partial charge in [0.05, 0.1) is 11.1 Å². The van der Waals surface area contributed by atoms with Crippen LogP contribution < -0.4 is 0 Å². The van der Waals surface area contributed by atoms with Crippen LogP contribution in [0, 0.1) is 12.7 Å². The van der Waals surface area contributed by atoms with E-state index in [4.69, 9.17) is 0 Å². The summed E-state index contributed by atoms with van der Waals surface area (Å²) in [7, 11) is 0. The third-order valence-corrected chi connectivity index (χ3v) is 2.30. The summed E-state index contributed by atoms with van der Waals surface area (Å²) in [6, 6.07) is 1.14. The molecule has 76 valence electrons. The van der Waals surface area contributed by atoms with Gasteiger partial charge in [-0.3, -0.25) is 9.59 Å². The third kappa shape index (κ3) is 1.26. The lowest BCUT2D eigenvalue weighted by Gasteiger charge is -2.13. The van der Waals surface area contributed by atoms with Crippen molar-refractivity contribution in [2.45, 2.75) is 6.92 Å². The van der Waals surface area contributed by atoms with E-state index >= 15 is 0 Å². The molecule has 0 aliphatic heterocycles. The number of phenolic OH excluding ortho intramolecular Hbond substituents is 1. The quantitative estimate of drug-likeness (QED) is 0.703. The second kappa shape index (κ2) is 3.02. The summed E-state index contributed by atoms with van der Waals surface area (Å²) in [5.74, 6) is -2.25. The summed E-state index contributed by atoms with van der Waals surface area (Å²) in [5, 5.41) is 9.48. The SMILES string of the molecule is Cc1cc(O)c2c(c1F)C(=O)C=CC2=O. The van der Waals surface area contributed by atoms with Crippen molar-refractivity contribution in [3.05, 3.63) is 40.7 Å². The first kappa shape index (κ1) is 9.58. The largest absolute Gasteiger partial charge is 0.507 e. The van der Waals surface area contributed by atoms with E-state index in [1.807, 2.05) is 0 Å². The highest BCUT2D eigenvalue weighted by Crippen LogP contribution is 2.30. The van der Waals surface area contributed by atoms with Crippen LogP contribution in [-0.4, -0.2) is 16.7 Å². The number of aromatic hydroxyl groups is 1. The van der Waals surface area contributed by atoms with Gasteiger partial charge in [-0.15, -0.1) is 0 Å². The van der Waals surface area contributed by atoms with Crippen molar-refractivity contribution in [3.63, 3.8) is 0 Å². The van der Waals surface area contributed by atoms with Gasteiger partial charge in [-0.05, 0) is 30.7 Å². The zero-order chi connectivity index (χ0) is 11.2. The van der Waals surface area contributed by atoms with E-state index in [1.54, 1.807) is 0 Å². The van der Waals surface area contributed by atoms with Crippen LogP contribution in [0.5, 0.6) is 5.75 Å². The molecule has 0 amide bonds. The van der Waals surface area contributed by atoms with Crippen LogP contribution in [0.3, 0.4) is 0 Å². The molecule has 0 spiro atoms. The van der Waals surface area contributed by atoms with Crippen molar-refractivity contribution < 1.29 is 19.1 Å². The molecule has 4 heteroatoms. The van der Waals surface area contributed by atoms with Gasteiger partial charge < -0.3 is 5.11 Å². The Morgan fingerprint density at radius 1 is 1.13 bits per heavy atom. The molecular weight excluding hydrogens is 199 g/mol. The Balaban J connectivity index is 2.87. The first-order valence-electron chi connectivity index (χ1n) is 4.31. The lowest BCUT2D eigenvalue weighted by Crippen LogP contribution is -2.15. The Labute approximate surface area is 84.8 Å². The van der Waals surface area contributed by atoms with Crippen LogP contribution >= 0.6 is 0 Å². The molecule has 0 bridgehead atoms. The lowest BCUT2D eigenvalue weighted by molar-refractivity contribution is 0.0988. The standard InChI is InChI=1S/C11H7FO3/c1-5-4-8(15)9-6(13)2-3-7(14)10(9)11(5)12/h2-4,15H,1H3. The van der Waals surface area contributed by atoms with Crippen molar-refractivity contribution in [2.75, 3.05) is 0 Å². The second-order valence-corrected chi connectivity index (χ2v) is 3.34. The van der Waals surface area contributed by atoms with Gasteiger partial charge in [0.1, 0.15) is 11.6 Å². The van der Waals surface area contributed by atoms with E-state index in [0.29, 0.717) is 0 Å². The number of phenols is 1. The van der Waals surface area contributed by atoms with Crippen LogP contribution in [0.2, 0.25) is 0 Å². The van der Waals surface area contributed by atoms with Gasteiger partial charge in [-0.1, -0.05) is 0 Å². The predicted octanol–water partition coefficient (Wildman–Crippen LogP) is 1.77. The molecular formula is C11H7FO3. The number of fused-ring (bicyclic) bond motifs is 1. The molecule has 0 heterocycles. The maximum absolute atomic E-state index is 13.6. The maximum atomic E-state index is 13.6. The predicted molar refractivity (Wildman–Crippen MR) is 50.6 cm³/mol. The van der Waals surface area contributed by atoms with Crippen LogP contribution in [-0.2, 0) is 0 Å².